The molecule has 180 valence electrons. The Labute approximate surface area is 204 Å². The standard InChI is InChI=1S/C25H31N5O3S/c1-6-20(26-24(32)33-16-18-10-8-7-9-11-18)21(31)15-30-23(27-28-29-30)34-22-13-12-19(14-17(22)2)25(3,4)5/h7-14,20H,6,15-16H2,1-5H3,(H,26,32). The van der Waals surface area contributed by atoms with Crippen molar-refractivity contribution in [2.45, 2.75) is 75.7 Å². The number of nitrogens with zero attached hydrogens (tertiary/aromatic N) is 4. The van der Waals surface area contributed by atoms with Crippen molar-refractivity contribution in [3.63, 3.8) is 0 Å². The Balaban J connectivity index is 1.61. The summed E-state index contributed by atoms with van der Waals surface area (Å²) in [4.78, 5) is 26.1. The lowest BCUT2D eigenvalue weighted by Crippen LogP contribution is -2.42. The number of Topliss-reactive ketones (excluding diaryl/α,β-unsaturated/α-hetero) is 1. The molecule has 1 heterocycles. The number of aromatic nitrogens is 4. The molecule has 2 aromatic carbocycles. The average Bonchev–Trinajstić information content (AvgIpc) is 3.23. The highest BCUT2D eigenvalue weighted by molar-refractivity contribution is 7.99. The fourth-order valence-corrected chi connectivity index (χ4v) is 4.11. The number of aryl methyl sites for hydroxylation is 1. The van der Waals surface area contributed by atoms with Crippen molar-refractivity contribution in [2.24, 2.45) is 0 Å². The fourth-order valence-electron chi connectivity index (χ4n) is 3.27. The number of nitrogens with one attached hydrogen (secondary N) is 1. The molecule has 1 atom stereocenters. The number of alkyl carbamates (subject to hydrolysis) is 1. The normalized spacial score (nSPS) is 12.3. The zero-order chi connectivity index (χ0) is 24.7. The molecule has 3 rings (SSSR count). The molecule has 0 fully saturated rings. The van der Waals surface area contributed by atoms with E-state index in [1.165, 1.54) is 22.0 Å². The predicted octanol–water partition coefficient (Wildman–Crippen LogP) is 4.70. The molecule has 3 aromatic rings. The molecule has 1 unspecified atom stereocenters. The Bertz CT molecular complexity index is 1130. The molecule has 1 amide bonds. The summed E-state index contributed by atoms with van der Waals surface area (Å²) in [6.45, 7) is 10.5. The topological polar surface area (TPSA) is 99.0 Å². The van der Waals surface area contributed by atoms with Crippen molar-refractivity contribution >= 4 is 23.6 Å². The molecule has 0 saturated heterocycles. The van der Waals surface area contributed by atoms with Crippen LogP contribution in [0.4, 0.5) is 4.79 Å². The van der Waals surface area contributed by atoms with Crippen LogP contribution in [0, 0.1) is 6.92 Å². The van der Waals surface area contributed by atoms with Gasteiger partial charge >= 0.3 is 6.09 Å². The van der Waals surface area contributed by atoms with Crippen LogP contribution in [-0.2, 0) is 28.1 Å². The molecular weight excluding hydrogens is 450 g/mol. The molecule has 0 saturated carbocycles. The molecule has 0 aliphatic rings. The van der Waals surface area contributed by atoms with Crippen LogP contribution < -0.4 is 5.32 Å². The van der Waals surface area contributed by atoms with E-state index in [0.29, 0.717) is 11.6 Å². The quantitative estimate of drug-likeness (QED) is 0.473. The molecule has 1 N–H and O–H groups in total. The smallest absolute Gasteiger partial charge is 0.408 e. The maximum absolute atomic E-state index is 12.9. The highest BCUT2D eigenvalue weighted by Crippen LogP contribution is 2.32. The summed E-state index contributed by atoms with van der Waals surface area (Å²) in [6, 6.07) is 15.0. The minimum Gasteiger partial charge on any atom is -0.445 e. The van der Waals surface area contributed by atoms with E-state index in [4.69, 9.17) is 4.74 Å². The van der Waals surface area contributed by atoms with Crippen LogP contribution in [0.1, 0.15) is 50.8 Å². The fraction of sp³-hybridized carbons (Fsp3) is 0.400. The Morgan fingerprint density at radius 1 is 1.15 bits per heavy atom. The Hall–Kier alpha value is -3.20. The summed E-state index contributed by atoms with van der Waals surface area (Å²) >= 11 is 1.41. The van der Waals surface area contributed by atoms with E-state index in [-0.39, 0.29) is 24.3 Å². The van der Waals surface area contributed by atoms with E-state index >= 15 is 0 Å². The highest BCUT2D eigenvalue weighted by atomic mass is 32.2. The molecular formula is C25H31N5O3S. The molecule has 0 aliphatic heterocycles. The number of carbonyl (C=O) groups excluding carboxylic acids is 2. The first-order chi connectivity index (χ1) is 16.2. The van der Waals surface area contributed by atoms with Crippen LogP contribution in [0.15, 0.2) is 58.6 Å². The first kappa shape index (κ1) is 25.4. The third-order valence-electron chi connectivity index (χ3n) is 5.35. The highest BCUT2D eigenvalue weighted by Gasteiger charge is 2.22. The van der Waals surface area contributed by atoms with Gasteiger partial charge in [0.1, 0.15) is 13.2 Å². The number of carbonyl (C=O) groups is 2. The summed E-state index contributed by atoms with van der Waals surface area (Å²) in [5.74, 6) is -0.201. The molecule has 1 aromatic heterocycles. The minimum absolute atomic E-state index is 0.0497. The summed E-state index contributed by atoms with van der Waals surface area (Å²) in [5.41, 5.74) is 3.30. The van der Waals surface area contributed by atoms with Gasteiger partial charge in [0, 0.05) is 4.90 Å². The van der Waals surface area contributed by atoms with Crippen molar-refractivity contribution in [3.8, 4) is 0 Å². The predicted molar refractivity (Wildman–Crippen MR) is 131 cm³/mol. The van der Waals surface area contributed by atoms with Gasteiger partial charge in [-0.1, -0.05) is 70.2 Å². The molecule has 34 heavy (non-hydrogen) atoms. The van der Waals surface area contributed by atoms with E-state index in [1.54, 1.807) is 0 Å². The van der Waals surface area contributed by atoms with Crippen molar-refractivity contribution < 1.29 is 14.3 Å². The summed E-state index contributed by atoms with van der Waals surface area (Å²) in [6.07, 6.45) is -0.207. The number of amides is 1. The van der Waals surface area contributed by atoms with Crippen LogP contribution in [-0.4, -0.2) is 38.1 Å². The Kier molecular flexibility index (Phi) is 8.44. The third-order valence-corrected chi connectivity index (χ3v) is 6.50. The number of ketones is 1. The number of ether oxygens (including phenoxy) is 1. The van der Waals surface area contributed by atoms with Crippen LogP contribution >= 0.6 is 11.8 Å². The van der Waals surface area contributed by atoms with Crippen molar-refractivity contribution in [1.82, 2.24) is 25.5 Å². The van der Waals surface area contributed by atoms with E-state index in [9.17, 15) is 9.59 Å². The molecule has 0 radical (unpaired) electrons. The zero-order valence-electron chi connectivity index (χ0n) is 20.2. The van der Waals surface area contributed by atoms with Gasteiger partial charge in [0.05, 0.1) is 6.04 Å². The largest absolute Gasteiger partial charge is 0.445 e. The van der Waals surface area contributed by atoms with Gasteiger partial charge in [0.15, 0.2) is 5.78 Å². The van der Waals surface area contributed by atoms with Gasteiger partial charge in [-0.2, -0.15) is 0 Å². The zero-order valence-corrected chi connectivity index (χ0v) is 21.1. The van der Waals surface area contributed by atoms with Crippen LogP contribution in [0.25, 0.3) is 0 Å². The second-order valence-corrected chi connectivity index (χ2v) is 10.1. The molecule has 0 spiro atoms. The molecule has 0 aliphatic carbocycles. The van der Waals surface area contributed by atoms with Gasteiger partial charge in [-0.3, -0.25) is 4.79 Å². The second-order valence-electron chi connectivity index (χ2n) is 9.08. The number of hydrogen-bond acceptors (Lipinski definition) is 7. The maximum Gasteiger partial charge on any atom is 0.408 e. The average molecular weight is 482 g/mol. The lowest BCUT2D eigenvalue weighted by Gasteiger charge is -2.20. The second kappa shape index (κ2) is 11.3. The van der Waals surface area contributed by atoms with Crippen molar-refractivity contribution in [3.05, 3.63) is 65.2 Å². The van der Waals surface area contributed by atoms with E-state index < -0.39 is 12.1 Å². The van der Waals surface area contributed by atoms with Crippen LogP contribution in [0.3, 0.4) is 0 Å². The first-order valence-electron chi connectivity index (χ1n) is 11.2. The van der Waals surface area contributed by atoms with Gasteiger partial charge in [-0.15, -0.1) is 5.10 Å². The number of tetrazole rings is 1. The first-order valence-corrected chi connectivity index (χ1v) is 12.0. The summed E-state index contributed by atoms with van der Waals surface area (Å²) < 4.78 is 6.70. The number of rotatable bonds is 9. The lowest BCUT2D eigenvalue weighted by atomic mass is 9.86. The molecule has 0 bridgehead atoms. The van der Waals surface area contributed by atoms with Gasteiger partial charge in [-0.05, 0) is 63.7 Å². The third kappa shape index (κ3) is 6.90. The maximum atomic E-state index is 12.9. The van der Waals surface area contributed by atoms with Crippen molar-refractivity contribution in [2.75, 3.05) is 0 Å². The van der Waals surface area contributed by atoms with E-state index in [2.05, 4.69) is 66.7 Å². The monoisotopic (exact) mass is 481 g/mol. The Morgan fingerprint density at radius 2 is 1.88 bits per heavy atom. The van der Waals surface area contributed by atoms with Gasteiger partial charge < -0.3 is 10.1 Å². The summed E-state index contributed by atoms with van der Waals surface area (Å²) in [7, 11) is 0. The summed E-state index contributed by atoms with van der Waals surface area (Å²) in [5, 5.41) is 15.0. The number of hydrogen-bond donors (Lipinski definition) is 1. The van der Waals surface area contributed by atoms with Gasteiger partial charge in [0.25, 0.3) is 0 Å². The van der Waals surface area contributed by atoms with Crippen molar-refractivity contribution in [1.29, 1.82) is 0 Å². The van der Waals surface area contributed by atoms with E-state index in [1.807, 2.05) is 37.3 Å². The molecule has 8 nitrogen and oxygen atoms in total. The van der Waals surface area contributed by atoms with Gasteiger partial charge in [-0.25, -0.2) is 9.48 Å². The van der Waals surface area contributed by atoms with Crippen LogP contribution in [0.2, 0.25) is 0 Å². The SMILES string of the molecule is CCC(NC(=O)OCc1ccccc1)C(=O)Cn1nnnc1Sc1ccc(C(C)(C)C)cc1C. The molecule has 9 heteroatoms. The van der Waals surface area contributed by atoms with Gasteiger partial charge in [0.2, 0.25) is 5.16 Å². The number of benzene rings is 2. The van der Waals surface area contributed by atoms with Crippen LogP contribution in [0.5, 0.6) is 0 Å². The Morgan fingerprint density at radius 3 is 2.53 bits per heavy atom. The minimum atomic E-state index is -0.696. The van der Waals surface area contributed by atoms with E-state index in [0.717, 1.165) is 16.0 Å². The lowest BCUT2D eigenvalue weighted by molar-refractivity contribution is -0.122.